The van der Waals surface area contributed by atoms with E-state index in [1.807, 2.05) is 11.8 Å². The Labute approximate surface area is 118 Å². The van der Waals surface area contributed by atoms with Crippen LogP contribution in [0.3, 0.4) is 0 Å². The van der Waals surface area contributed by atoms with Crippen molar-refractivity contribution in [2.45, 2.75) is 25.7 Å². The molecule has 0 atom stereocenters. The number of hydrogen-bond acceptors (Lipinski definition) is 4. The molecule has 0 saturated heterocycles. The Morgan fingerprint density at radius 3 is 2.68 bits per heavy atom. The number of rotatable bonds is 8. The number of para-hydroxylation sites is 1. The molecule has 0 aliphatic rings. The van der Waals surface area contributed by atoms with Crippen molar-refractivity contribution in [3.8, 4) is 11.5 Å². The summed E-state index contributed by atoms with van der Waals surface area (Å²) in [6.45, 7) is 0.590. The van der Waals surface area contributed by atoms with Crippen molar-refractivity contribution in [2.24, 2.45) is 0 Å². The molecule has 0 aliphatic carbocycles. The van der Waals surface area contributed by atoms with Gasteiger partial charge in [0.15, 0.2) is 11.5 Å². The topological polar surface area (TPSA) is 69.6 Å². The Bertz CT molecular complexity index is 410. The average molecular weight is 283 g/mol. The van der Waals surface area contributed by atoms with Crippen LogP contribution in [-0.4, -0.2) is 34.7 Å². The summed E-state index contributed by atoms with van der Waals surface area (Å²) in [6, 6.07) is 4.37. The van der Waals surface area contributed by atoms with Gasteiger partial charge in [0.1, 0.15) is 0 Å². The summed E-state index contributed by atoms with van der Waals surface area (Å²) < 4.78 is 0. The summed E-state index contributed by atoms with van der Waals surface area (Å²) in [5.74, 6) is 0.200. The van der Waals surface area contributed by atoms with Gasteiger partial charge in [-0.1, -0.05) is 18.9 Å². The SMILES string of the molecule is CSCCCCCCNC(=O)c1cccc(O)c1O. The van der Waals surface area contributed by atoms with E-state index in [0.29, 0.717) is 6.54 Å². The number of benzene rings is 1. The number of nitrogens with one attached hydrogen (secondary N) is 1. The van der Waals surface area contributed by atoms with Crippen LogP contribution < -0.4 is 5.32 Å². The third-order valence-corrected chi connectivity index (χ3v) is 3.52. The highest BCUT2D eigenvalue weighted by molar-refractivity contribution is 7.98. The maximum atomic E-state index is 11.8. The maximum absolute atomic E-state index is 11.8. The van der Waals surface area contributed by atoms with Gasteiger partial charge in [-0.05, 0) is 37.0 Å². The van der Waals surface area contributed by atoms with Crippen molar-refractivity contribution in [1.29, 1.82) is 0 Å². The molecule has 0 heterocycles. The molecule has 1 aromatic rings. The molecule has 19 heavy (non-hydrogen) atoms. The van der Waals surface area contributed by atoms with Gasteiger partial charge in [-0.2, -0.15) is 11.8 Å². The van der Waals surface area contributed by atoms with Crippen molar-refractivity contribution < 1.29 is 15.0 Å². The van der Waals surface area contributed by atoms with Crippen molar-refractivity contribution in [3.63, 3.8) is 0 Å². The van der Waals surface area contributed by atoms with Crippen LogP contribution >= 0.6 is 11.8 Å². The number of phenolic OH excluding ortho intramolecular Hbond substituents is 2. The van der Waals surface area contributed by atoms with Crippen LogP contribution in [0, 0.1) is 0 Å². The van der Waals surface area contributed by atoms with Gasteiger partial charge in [0.05, 0.1) is 5.56 Å². The summed E-state index contributed by atoms with van der Waals surface area (Å²) in [4.78, 5) is 11.8. The Morgan fingerprint density at radius 2 is 1.95 bits per heavy atom. The molecule has 0 saturated carbocycles. The van der Waals surface area contributed by atoms with Crippen LogP contribution in [0.5, 0.6) is 11.5 Å². The Kier molecular flexibility index (Phi) is 7.18. The van der Waals surface area contributed by atoms with Gasteiger partial charge in [-0.25, -0.2) is 0 Å². The summed E-state index contributed by atoms with van der Waals surface area (Å²) in [6.07, 6.45) is 6.51. The van der Waals surface area contributed by atoms with Gasteiger partial charge < -0.3 is 15.5 Å². The van der Waals surface area contributed by atoms with E-state index in [9.17, 15) is 15.0 Å². The normalized spacial score (nSPS) is 10.4. The van der Waals surface area contributed by atoms with E-state index in [4.69, 9.17) is 0 Å². The van der Waals surface area contributed by atoms with Crippen LogP contribution in [-0.2, 0) is 0 Å². The first-order valence-corrected chi connectivity index (χ1v) is 7.84. The molecule has 0 aliphatic heterocycles. The van der Waals surface area contributed by atoms with Crippen molar-refractivity contribution >= 4 is 17.7 Å². The van der Waals surface area contributed by atoms with E-state index in [0.717, 1.165) is 12.8 Å². The second kappa shape index (κ2) is 8.69. The first-order valence-electron chi connectivity index (χ1n) is 6.45. The van der Waals surface area contributed by atoms with Crippen LogP contribution in [0.1, 0.15) is 36.0 Å². The summed E-state index contributed by atoms with van der Waals surface area (Å²) in [7, 11) is 0. The van der Waals surface area contributed by atoms with Crippen LogP contribution in [0.25, 0.3) is 0 Å². The second-order valence-electron chi connectivity index (χ2n) is 4.34. The molecule has 5 heteroatoms. The van der Waals surface area contributed by atoms with Crippen LogP contribution in [0.4, 0.5) is 0 Å². The fourth-order valence-electron chi connectivity index (χ4n) is 1.74. The van der Waals surface area contributed by atoms with E-state index in [-0.39, 0.29) is 23.0 Å². The zero-order chi connectivity index (χ0) is 14.1. The van der Waals surface area contributed by atoms with Gasteiger partial charge in [0.25, 0.3) is 5.91 Å². The summed E-state index contributed by atoms with van der Waals surface area (Å²) >= 11 is 1.85. The fourth-order valence-corrected chi connectivity index (χ4v) is 2.23. The lowest BCUT2D eigenvalue weighted by atomic mass is 10.1. The highest BCUT2D eigenvalue weighted by Gasteiger charge is 2.12. The fraction of sp³-hybridized carbons (Fsp3) is 0.500. The van der Waals surface area contributed by atoms with E-state index in [1.54, 1.807) is 0 Å². The third-order valence-electron chi connectivity index (χ3n) is 2.82. The predicted octanol–water partition coefficient (Wildman–Crippen LogP) is 2.75. The molecule has 0 unspecified atom stereocenters. The molecule has 0 spiro atoms. The minimum Gasteiger partial charge on any atom is -0.504 e. The van der Waals surface area contributed by atoms with Gasteiger partial charge in [0, 0.05) is 6.54 Å². The number of amides is 1. The van der Waals surface area contributed by atoms with Crippen LogP contribution in [0.15, 0.2) is 18.2 Å². The molecule has 106 valence electrons. The maximum Gasteiger partial charge on any atom is 0.255 e. The smallest absolute Gasteiger partial charge is 0.255 e. The minimum absolute atomic E-state index is 0.113. The number of carbonyl (C=O) groups excluding carboxylic acids is 1. The Morgan fingerprint density at radius 1 is 1.21 bits per heavy atom. The van der Waals surface area contributed by atoms with Gasteiger partial charge in [0.2, 0.25) is 0 Å². The number of unbranched alkanes of at least 4 members (excludes halogenated alkanes) is 3. The molecule has 0 fully saturated rings. The van der Waals surface area contributed by atoms with Gasteiger partial charge in [-0.3, -0.25) is 4.79 Å². The molecular weight excluding hydrogens is 262 g/mol. The average Bonchev–Trinajstić information content (AvgIpc) is 2.40. The first kappa shape index (κ1) is 15.7. The molecule has 1 amide bonds. The molecule has 0 bridgehead atoms. The third kappa shape index (κ3) is 5.42. The van der Waals surface area contributed by atoms with E-state index < -0.39 is 0 Å². The summed E-state index contributed by atoms with van der Waals surface area (Å²) in [5.41, 5.74) is 0.113. The number of aromatic hydroxyl groups is 2. The number of hydrogen-bond donors (Lipinski definition) is 3. The predicted molar refractivity (Wildman–Crippen MR) is 79.0 cm³/mol. The number of carbonyl (C=O) groups is 1. The van der Waals surface area contributed by atoms with Crippen molar-refractivity contribution in [3.05, 3.63) is 23.8 Å². The molecule has 1 rings (SSSR count). The van der Waals surface area contributed by atoms with Crippen LogP contribution in [0.2, 0.25) is 0 Å². The van der Waals surface area contributed by atoms with Crippen molar-refractivity contribution in [1.82, 2.24) is 5.32 Å². The number of phenols is 2. The molecule has 1 aromatic carbocycles. The Balaban J connectivity index is 2.26. The molecule has 4 nitrogen and oxygen atoms in total. The second-order valence-corrected chi connectivity index (χ2v) is 5.32. The van der Waals surface area contributed by atoms with Crippen molar-refractivity contribution in [2.75, 3.05) is 18.6 Å². The zero-order valence-corrected chi connectivity index (χ0v) is 12.0. The number of thioether (sulfide) groups is 1. The Hall–Kier alpha value is -1.36. The van der Waals surface area contributed by atoms with E-state index in [2.05, 4.69) is 11.6 Å². The summed E-state index contributed by atoms with van der Waals surface area (Å²) in [5, 5.41) is 21.6. The minimum atomic E-state index is -0.361. The highest BCUT2D eigenvalue weighted by Crippen LogP contribution is 2.27. The van der Waals surface area contributed by atoms with E-state index >= 15 is 0 Å². The first-order chi connectivity index (χ1) is 9.16. The quantitative estimate of drug-likeness (QED) is 0.507. The largest absolute Gasteiger partial charge is 0.504 e. The molecule has 3 N–H and O–H groups in total. The lowest BCUT2D eigenvalue weighted by Crippen LogP contribution is -2.24. The standard InChI is InChI=1S/C14H21NO3S/c1-19-10-5-3-2-4-9-15-14(18)11-7-6-8-12(16)13(11)17/h6-8,16-17H,2-5,9-10H2,1H3,(H,15,18). The lowest BCUT2D eigenvalue weighted by molar-refractivity contribution is 0.0949. The molecular formula is C14H21NO3S. The lowest BCUT2D eigenvalue weighted by Gasteiger charge is -2.07. The van der Waals surface area contributed by atoms with Gasteiger partial charge >= 0.3 is 0 Å². The highest BCUT2D eigenvalue weighted by atomic mass is 32.2. The molecule has 0 aromatic heterocycles. The van der Waals surface area contributed by atoms with E-state index in [1.165, 1.54) is 36.8 Å². The van der Waals surface area contributed by atoms with Gasteiger partial charge in [-0.15, -0.1) is 0 Å². The monoisotopic (exact) mass is 283 g/mol. The molecule has 0 radical (unpaired) electrons. The zero-order valence-electron chi connectivity index (χ0n) is 11.2.